The summed E-state index contributed by atoms with van der Waals surface area (Å²) in [4.78, 5) is 10.7. The van der Waals surface area contributed by atoms with E-state index in [-0.39, 0.29) is 5.82 Å². The van der Waals surface area contributed by atoms with Crippen molar-refractivity contribution in [1.82, 2.24) is 10.6 Å². The monoisotopic (exact) mass is 240 g/mol. The summed E-state index contributed by atoms with van der Waals surface area (Å²) < 4.78 is 13.2. The Balaban J connectivity index is 2.29. The molecule has 0 spiro atoms. The van der Waals surface area contributed by atoms with Crippen LogP contribution in [0.15, 0.2) is 24.3 Å². The van der Waals surface area contributed by atoms with Crippen LogP contribution >= 0.6 is 0 Å². The van der Waals surface area contributed by atoms with E-state index in [9.17, 15) is 9.18 Å². The van der Waals surface area contributed by atoms with E-state index in [0.29, 0.717) is 25.1 Å². The molecule has 1 unspecified atom stereocenters. The fraction of sp³-hybridized carbons (Fsp3) is 0.417. The molecule has 0 aromatic heterocycles. The van der Waals surface area contributed by atoms with Crippen LogP contribution in [0.1, 0.15) is 5.56 Å². The molecule has 0 saturated carbocycles. The van der Waals surface area contributed by atoms with Gasteiger partial charge in [-0.15, -0.1) is 0 Å². The molecule has 0 radical (unpaired) electrons. The Morgan fingerprint density at radius 2 is 2.18 bits per heavy atom. The van der Waals surface area contributed by atoms with Crippen LogP contribution in [0.2, 0.25) is 0 Å². The zero-order chi connectivity index (χ0) is 12.7. The van der Waals surface area contributed by atoms with Crippen LogP contribution in [0.5, 0.6) is 0 Å². The van der Waals surface area contributed by atoms with Crippen LogP contribution in [-0.4, -0.2) is 37.3 Å². The van der Waals surface area contributed by atoms with E-state index in [1.165, 1.54) is 6.07 Å². The molecule has 0 aliphatic carbocycles. The third kappa shape index (κ3) is 4.50. The molecule has 1 aromatic carbocycles. The van der Waals surface area contributed by atoms with Gasteiger partial charge in [-0.25, -0.2) is 4.39 Å². The zero-order valence-electron chi connectivity index (χ0n) is 9.74. The maximum atomic E-state index is 13.2. The lowest BCUT2D eigenvalue weighted by Gasteiger charge is -2.12. The van der Waals surface area contributed by atoms with Gasteiger partial charge in [0.1, 0.15) is 11.9 Å². The summed E-state index contributed by atoms with van der Waals surface area (Å²) in [5.74, 6) is -1.12. The molecule has 0 bridgehead atoms. The first-order valence-electron chi connectivity index (χ1n) is 5.49. The Labute approximate surface area is 99.8 Å². The molecule has 1 atom stereocenters. The Hall–Kier alpha value is -1.46. The molecule has 1 rings (SSSR count). The lowest BCUT2D eigenvalue weighted by molar-refractivity contribution is -0.139. The van der Waals surface area contributed by atoms with Crippen molar-refractivity contribution in [3.63, 3.8) is 0 Å². The number of benzene rings is 1. The third-order valence-electron chi connectivity index (χ3n) is 2.52. The second-order valence-corrected chi connectivity index (χ2v) is 3.73. The highest BCUT2D eigenvalue weighted by Crippen LogP contribution is 2.05. The van der Waals surface area contributed by atoms with E-state index in [1.807, 2.05) is 0 Å². The molecule has 0 saturated heterocycles. The van der Waals surface area contributed by atoms with Crippen LogP contribution in [0.3, 0.4) is 0 Å². The molecule has 17 heavy (non-hydrogen) atoms. The number of rotatable bonds is 7. The number of hydrogen-bond acceptors (Lipinski definition) is 3. The SMILES string of the molecule is CNC(CNCCc1ccccc1F)C(=O)O. The Morgan fingerprint density at radius 3 is 2.76 bits per heavy atom. The van der Waals surface area contributed by atoms with Crippen molar-refractivity contribution in [3.8, 4) is 0 Å². The number of aliphatic carboxylic acids is 1. The van der Waals surface area contributed by atoms with Gasteiger partial charge in [-0.05, 0) is 31.6 Å². The number of carboxylic acids is 1. The molecule has 0 aliphatic rings. The minimum absolute atomic E-state index is 0.224. The fourth-order valence-electron chi connectivity index (χ4n) is 1.48. The maximum Gasteiger partial charge on any atom is 0.322 e. The van der Waals surface area contributed by atoms with E-state index in [2.05, 4.69) is 10.6 Å². The molecule has 3 N–H and O–H groups in total. The highest BCUT2D eigenvalue weighted by molar-refractivity contribution is 5.73. The van der Waals surface area contributed by atoms with Gasteiger partial charge in [-0.1, -0.05) is 18.2 Å². The zero-order valence-corrected chi connectivity index (χ0v) is 9.74. The van der Waals surface area contributed by atoms with E-state index in [4.69, 9.17) is 5.11 Å². The molecule has 0 heterocycles. The molecule has 0 amide bonds. The molecule has 0 aliphatic heterocycles. The number of nitrogens with one attached hydrogen (secondary N) is 2. The molecule has 94 valence electrons. The third-order valence-corrected chi connectivity index (χ3v) is 2.52. The van der Waals surface area contributed by atoms with Crippen molar-refractivity contribution >= 4 is 5.97 Å². The van der Waals surface area contributed by atoms with Gasteiger partial charge in [0.25, 0.3) is 0 Å². The minimum Gasteiger partial charge on any atom is -0.480 e. The summed E-state index contributed by atoms with van der Waals surface area (Å²) >= 11 is 0. The molecular formula is C12H17FN2O2. The first kappa shape index (κ1) is 13.6. The largest absolute Gasteiger partial charge is 0.480 e. The highest BCUT2D eigenvalue weighted by atomic mass is 19.1. The number of hydrogen-bond donors (Lipinski definition) is 3. The van der Waals surface area contributed by atoms with Crippen molar-refractivity contribution < 1.29 is 14.3 Å². The van der Waals surface area contributed by atoms with Crippen LogP contribution in [-0.2, 0) is 11.2 Å². The number of carboxylic acid groups (broad SMARTS) is 1. The summed E-state index contributed by atoms with van der Waals surface area (Å²) in [5.41, 5.74) is 0.635. The van der Waals surface area contributed by atoms with Gasteiger partial charge in [-0.2, -0.15) is 0 Å². The topological polar surface area (TPSA) is 61.4 Å². The average Bonchev–Trinajstić information content (AvgIpc) is 2.31. The molecule has 1 aromatic rings. The van der Waals surface area contributed by atoms with Crippen molar-refractivity contribution in [1.29, 1.82) is 0 Å². The Morgan fingerprint density at radius 1 is 1.47 bits per heavy atom. The minimum atomic E-state index is -0.897. The maximum absolute atomic E-state index is 13.2. The predicted molar refractivity (Wildman–Crippen MR) is 63.5 cm³/mol. The average molecular weight is 240 g/mol. The number of likely N-dealkylation sites (N-methyl/N-ethyl adjacent to an activating group) is 1. The van der Waals surface area contributed by atoms with E-state index in [1.54, 1.807) is 25.2 Å². The van der Waals surface area contributed by atoms with Gasteiger partial charge in [-0.3, -0.25) is 4.79 Å². The lowest BCUT2D eigenvalue weighted by Crippen LogP contribution is -2.43. The van der Waals surface area contributed by atoms with Gasteiger partial charge in [0.05, 0.1) is 0 Å². The Kier molecular flexibility index (Phi) is 5.59. The second kappa shape index (κ2) is 6.98. The van der Waals surface area contributed by atoms with Gasteiger partial charge >= 0.3 is 5.97 Å². The molecule has 5 heteroatoms. The fourth-order valence-corrected chi connectivity index (χ4v) is 1.48. The smallest absolute Gasteiger partial charge is 0.322 e. The first-order chi connectivity index (χ1) is 8.15. The molecular weight excluding hydrogens is 223 g/mol. The van der Waals surface area contributed by atoms with Crippen LogP contribution in [0.25, 0.3) is 0 Å². The predicted octanol–water partition coefficient (Wildman–Crippen LogP) is 0.630. The Bertz CT molecular complexity index is 371. The van der Waals surface area contributed by atoms with Crippen molar-refractivity contribution in [2.45, 2.75) is 12.5 Å². The van der Waals surface area contributed by atoms with Gasteiger partial charge < -0.3 is 15.7 Å². The normalized spacial score (nSPS) is 12.4. The van der Waals surface area contributed by atoms with Gasteiger partial charge in [0, 0.05) is 6.54 Å². The van der Waals surface area contributed by atoms with Crippen molar-refractivity contribution in [2.75, 3.05) is 20.1 Å². The summed E-state index contributed by atoms with van der Waals surface area (Å²) in [6, 6.07) is 5.96. The van der Waals surface area contributed by atoms with Crippen molar-refractivity contribution in [3.05, 3.63) is 35.6 Å². The van der Waals surface area contributed by atoms with Gasteiger partial charge in [0.2, 0.25) is 0 Å². The van der Waals surface area contributed by atoms with Crippen LogP contribution < -0.4 is 10.6 Å². The quantitative estimate of drug-likeness (QED) is 0.612. The number of halogens is 1. The summed E-state index contributed by atoms with van der Waals surface area (Å²) in [5, 5.41) is 14.4. The summed E-state index contributed by atoms with van der Waals surface area (Å²) in [6.45, 7) is 0.868. The van der Waals surface area contributed by atoms with Crippen LogP contribution in [0.4, 0.5) is 4.39 Å². The van der Waals surface area contributed by atoms with Crippen LogP contribution in [0, 0.1) is 5.82 Å². The first-order valence-corrected chi connectivity index (χ1v) is 5.49. The highest BCUT2D eigenvalue weighted by Gasteiger charge is 2.13. The second-order valence-electron chi connectivity index (χ2n) is 3.73. The lowest BCUT2D eigenvalue weighted by atomic mass is 10.1. The van der Waals surface area contributed by atoms with Gasteiger partial charge in [0.15, 0.2) is 0 Å². The van der Waals surface area contributed by atoms with E-state index >= 15 is 0 Å². The van der Waals surface area contributed by atoms with E-state index in [0.717, 1.165) is 0 Å². The summed E-state index contributed by atoms with van der Waals surface area (Å²) in [6.07, 6.45) is 0.544. The molecule has 4 nitrogen and oxygen atoms in total. The number of carbonyl (C=O) groups is 1. The van der Waals surface area contributed by atoms with E-state index < -0.39 is 12.0 Å². The summed E-state index contributed by atoms with van der Waals surface area (Å²) in [7, 11) is 1.59. The van der Waals surface area contributed by atoms with Crippen molar-refractivity contribution in [2.24, 2.45) is 0 Å². The molecule has 0 fully saturated rings. The standard InChI is InChI=1S/C12H17FN2O2/c1-14-11(12(16)17)8-15-7-6-9-4-2-3-5-10(9)13/h2-5,11,14-15H,6-8H2,1H3,(H,16,17).